The molecule has 0 aromatic carbocycles. The molecular weight excluding hydrogens is 697 g/mol. The van der Waals surface area contributed by atoms with E-state index in [2.05, 4.69) is 93.7 Å². The smallest absolute Gasteiger partial charge is 0.309 e. The lowest BCUT2D eigenvalue weighted by Crippen LogP contribution is -2.30. The van der Waals surface area contributed by atoms with Crippen molar-refractivity contribution in [1.29, 1.82) is 0 Å². The maximum atomic E-state index is 12.6. The summed E-state index contributed by atoms with van der Waals surface area (Å²) in [6.07, 6.45) is 62.8. The second kappa shape index (κ2) is 42.8. The Morgan fingerprint density at radius 1 is 0.393 bits per heavy atom. The van der Waals surface area contributed by atoms with Gasteiger partial charge in [-0.15, -0.1) is 0 Å². The van der Waals surface area contributed by atoms with E-state index >= 15 is 0 Å². The number of allylic oxidation sites excluding steroid dienone is 25. The molecule has 0 bridgehead atoms. The number of rotatable bonds is 33. The molecule has 306 valence electrons. The van der Waals surface area contributed by atoms with Gasteiger partial charge in [0.25, 0.3) is 0 Å². The summed E-state index contributed by atoms with van der Waals surface area (Å²) in [6, 6.07) is 0. The molecule has 1 unspecified atom stereocenters. The summed E-state index contributed by atoms with van der Waals surface area (Å²) >= 11 is 0. The molecule has 1 atom stereocenters. The zero-order valence-corrected chi connectivity index (χ0v) is 34.6. The summed E-state index contributed by atoms with van der Waals surface area (Å²) in [7, 11) is 0. The normalized spacial score (nSPS) is 13.7. The number of hydrogen-bond acceptors (Lipinski definition) is 6. The van der Waals surface area contributed by atoms with Gasteiger partial charge in [0.05, 0.1) is 6.42 Å². The predicted molar refractivity (Wildman–Crippen MR) is 237 cm³/mol. The highest BCUT2D eigenvalue weighted by Gasteiger charge is 2.19. The van der Waals surface area contributed by atoms with Crippen molar-refractivity contribution in [2.24, 2.45) is 0 Å². The van der Waals surface area contributed by atoms with E-state index in [1.807, 2.05) is 79.0 Å². The molecule has 0 rings (SSSR count). The third-order valence-corrected chi connectivity index (χ3v) is 7.43. The van der Waals surface area contributed by atoms with Crippen LogP contribution in [-0.4, -0.2) is 37.2 Å². The van der Waals surface area contributed by atoms with Gasteiger partial charge in [0.1, 0.15) is 13.2 Å². The highest BCUT2D eigenvalue weighted by Crippen LogP contribution is 2.07. The van der Waals surface area contributed by atoms with E-state index in [0.717, 1.165) is 57.8 Å². The molecule has 0 fully saturated rings. The highest BCUT2D eigenvalue weighted by molar-refractivity contribution is 5.72. The van der Waals surface area contributed by atoms with Gasteiger partial charge in [0, 0.05) is 12.8 Å². The van der Waals surface area contributed by atoms with Crippen molar-refractivity contribution in [2.45, 2.75) is 123 Å². The van der Waals surface area contributed by atoms with Crippen molar-refractivity contribution in [2.75, 3.05) is 13.2 Å². The van der Waals surface area contributed by atoms with Crippen LogP contribution in [0.3, 0.4) is 0 Å². The first kappa shape index (κ1) is 51.0. The van der Waals surface area contributed by atoms with E-state index in [9.17, 15) is 14.4 Å². The van der Waals surface area contributed by atoms with Gasteiger partial charge in [0.2, 0.25) is 0 Å². The van der Waals surface area contributed by atoms with Gasteiger partial charge in [0.15, 0.2) is 6.10 Å². The minimum atomic E-state index is -0.885. The molecule has 0 amide bonds. The monoisotopic (exact) mass is 767 g/mol. The third kappa shape index (κ3) is 40.2. The molecule has 0 aliphatic rings. The molecule has 6 heteroatoms. The lowest BCUT2D eigenvalue weighted by atomic mass is 10.2. The summed E-state index contributed by atoms with van der Waals surface area (Å²) in [5, 5.41) is 0. The zero-order chi connectivity index (χ0) is 40.8. The molecule has 56 heavy (non-hydrogen) atoms. The Kier molecular flexibility index (Phi) is 39.0. The van der Waals surface area contributed by atoms with Crippen LogP contribution in [-0.2, 0) is 28.6 Å². The molecule has 0 saturated carbocycles. The third-order valence-electron chi connectivity index (χ3n) is 7.43. The Bertz CT molecular complexity index is 1390. The van der Waals surface area contributed by atoms with E-state index in [1.54, 1.807) is 6.08 Å². The summed E-state index contributed by atoms with van der Waals surface area (Å²) in [4.78, 5) is 37.5. The first-order valence-electron chi connectivity index (χ1n) is 20.6. The van der Waals surface area contributed by atoms with E-state index in [1.165, 1.54) is 0 Å². The molecule has 0 aromatic heterocycles. The molecule has 0 aliphatic heterocycles. The number of carbonyl (C=O) groups is 3. The fourth-order valence-electron chi connectivity index (χ4n) is 4.46. The van der Waals surface area contributed by atoms with Crippen LogP contribution in [0.1, 0.15) is 117 Å². The quantitative estimate of drug-likeness (QED) is 0.0218. The Morgan fingerprint density at radius 2 is 0.804 bits per heavy atom. The number of esters is 3. The van der Waals surface area contributed by atoms with Crippen LogP contribution in [0.5, 0.6) is 0 Å². The van der Waals surface area contributed by atoms with Crippen molar-refractivity contribution in [3.8, 4) is 0 Å². The second-order valence-electron chi connectivity index (χ2n) is 12.5. The minimum Gasteiger partial charge on any atom is -0.462 e. The molecule has 0 N–H and O–H groups in total. The lowest BCUT2D eigenvalue weighted by Gasteiger charge is -2.18. The van der Waals surface area contributed by atoms with Crippen molar-refractivity contribution in [3.63, 3.8) is 0 Å². The Hall–Kier alpha value is -4.97. The van der Waals surface area contributed by atoms with Crippen molar-refractivity contribution in [1.82, 2.24) is 0 Å². The van der Waals surface area contributed by atoms with E-state index in [4.69, 9.17) is 14.2 Å². The van der Waals surface area contributed by atoms with Crippen LogP contribution < -0.4 is 0 Å². The Balaban J connectivity index is 4.73. The topological polar surface area (TPSA) is 78.9 Å². The minimum absolute atomic E-state index is 0.0981. The standard InChI is InChI=1S/C50H70O6/c1-4-7-10-13-16-19-21-23-24-25-27-28-31-34-37-40-43-49(52)55-46-47(45-54-48(51)42-39-36-33-30-18-15-12-9-6-3)56-50(53)44-41-38-35-32-29-26-22-20-17-14-11-8-5-2/h7-12,14,16-20,22-24,26-30,32,34-37,39,47H,4-6,13,15,21,25,31,33,38,40-46H2,1-3H3/b10-7-,11-8-,12-9-,17-14-,19-16-,22-20-,24-23-,28-27-,29-26-,30-18-,35-32-,37-34-,39-36-. The van der Waals surface area contributed by atoms with Gasteiger partial charge in [-0.05, 0) is 77.0 Å². The molecule has 0 aromatic rings. The Morgan fingerprint density at radius 3 is 1.30 bits per heavy atom. The molecule has 0 heterocycles. The zero-order valence-electron chi connectivity index (χ0n) is 34.6. The SMILES string of the molecule is CC\C=C/C=C\C=C/C=C\C=C/CCCC(=O)OC(COC(=O)C/C=C\C/C=C\C/C=C\CC)COC(=O)CC/C=C\C/C=C\C/C=C\C/C=C\C/C=C\CC. The molecule has 6 nitrogen and oxygen atoms in total. The van der Waals surface area contributed by atoms with Gasteiger partial charge in [-0.25, -0.2) is 0 Å². The van der Waals surface area contributed by atoms with Gasteiger partial charge in [-0.3, -0.25) is 14.4 Å². The van der Waals surface area contributed by atoms with E-state index < -0.39 is 24.0 Å². The van der Waals surface area contributed by atoms with Crippen LogP contribution in [0.2, 0.25) is 0 Å². The molecular formula is C50H70O6. The van der Waals surface area contributed by atoms with Crippen LogP contribution in [0.15, 0.2) is 158 Å². The average molecular weight is 767 g/mol. The van der Waals surface area contributed by atoms with Gasteiger partial charge in [-0.1, -0.05) is 179 Å². The summed E-state index contributed by atoms with van der Waals surface area (Å²) in [5.41, 5.74) is 0. The lowest BCUT2D eigenvalue weighted by molar-refractivity contribution is -0.166. The number of carbonyl (C=O) groups excluding carboxylic acids is 3. The average Bonchev–Trinajstić information content (AvgIpc) is 3.19. The molecule has 0 radical (unpaired) electrons. The highest BCUT2D eigenvalue weighted by atomic mass is 16.6. The van der Waals surface area contributed by atoms with Crippen molar-refractivity contribution < 1.29 is 28.6 Å². The first-order valence-corrected chi connectivity index (χ1v) is 20.6. The summed E-state index contributed by atoms with van der Waals surface area (Å²) < 4.78 is 16.4. The molecule has 0 saturated heterocycles. The van der Waals surface area contributed by atoms with Gasteiger partial charge < -0.3 is 14.2 Å². The van der Waals surface area contributed by atoms with Crippen LogP contribution in [0.25, 0.3) is 0 Å². The van der Waals surface area contributed by atoms with Crippen LogP contribution in [0, 0.1) is 0 Å². The van der Waals surface area contributed by atoms with Gasteiger partial charge >= 0.3 is 17.9 Å². The summed E-state index contributed by atoms with van der Waals surface area (Å²) in [5.74, 6) is -1.28. The van der Waals surface area contributed by atoms with Crippen LogP contribution in [0.4, 0.5) is 0 Å². The fraction of sp³-hybridized carbons (Fsp3) is 0.420. The predicted octanol–water partition coefficient (Wildman–Crippen LogP) is 13.1. The molecule has 0 aliphatic carbocycles. The van der Waals surface area contributed by atoms with Gasteiger partial charge in [-0.2, -0.15) is 0 Å². The number of unbranched alkanes of at least 4 members (excludes halogenated alkanes) is 1. The number of ether oxygens (including phenoxy) is 3. The van der Waals surface area contributed by atoms with Crippen LogP contribution >= 0.6 is 0 Å². The van der Waals surface area contributed by atoms with Crippen molar-refractivity contribution in [3.05, 3.63) is 158 Å². The Labute approximate surface area is 339 Å². The maximum Gasteiger partial charge on any atom is 0.309 e. The first-order chi connectivity index (χ1) is 27.5. The fourth-order valence-corrected chi connectivity index (χ4v) is 4.46. The largest absolute Gasteiger partial charge is 0.462 e. The number of hydrogen-bond donors (Lipinski definition) is 0. The van der Waals surface area contributed by atoms with Crippen molar-refractivity contribution >= 4 is 17.9 Å². The van der Waals surface area contributed by atoms with E-state index in [0.29, 0.717) is 19.3 Å². The second-order valence-corrected chi connectivity index (χ2v) is 12.5. The molecule has 0 spiro atoms. The maximum absolute atomic E-state index is 12.6. The van der Waals surface area contributed by atoms with E-state index in [-0.39, 0.29) is 32.5 Å². The summed E-state index contributed by atoms with van der Waals surface area (Å²) in [6.45, 7) is 5.96.